The maximum atomic E-state index is 12.2. The highest BCUT2D eigenvalue weighted by Gasteiger charge is 2.39. The number of unbranched alkanes of at least 4 members (excludes halogenated alkanes) is 1. The van der Waals surface area contributed by atoms with Crippen molar-refractivity contribution in [2.45, 2.75) is 96.1 Å². The van der Waals surface area contributed by atoms with E-state index in [9.17, 15) is 24.0 Å². The summed E-state index contributed by atoms with van der Waals surface area (Å²) in [5.41, 5.74) is 0. The third-order valence-electron chi connectivity index (χ3n) is 5.18. The Labute approximate surface area is 253 Å². The van der Waals surface area contributed by atoms with Crippen LogP contribution in [0.25, 0.3) is 0 Å². The van der Waals surface area contributed by atoms with E-state index in [1.165, 1.54) is 0 Å². The monoisotopic (exact) mass is 641 g/mol. The molecule has 0 fully saturated rings. The van der Waals surface area contributed by atoms with Gasteiger partial charge in [0.25, 0.3) is 5.24 Å². The van der Waals surface area contributed by atoms with Crippen molar-refractivity contribution in [3.8, 4) is 0 Å². The average Bonchev–Trinajstić information content (AvgIpc) is 2.87. The van der Waals surface area contributed by atoms with Crippen molar-refractivity contribution in [2.75, 3.05) is 39.6 Å². The molecular weight excluding hydrogens is 595 g/mol. The third kappa shape index (κ3) is 21.7. The van der Waals surface area contributed by atoms with Crippen LogP contribution in [0.15, 0.2) is 0 Å². The van der Waals surface area contributed by atoms with Gasteiger partial charge in [0, 0.05) is 49.3 Å². The summed E-state index contributed by atoms with van der Waals surface area (Å²) in [6.45, 7) is 11.4. The first-order valence-corrected chi connectivity index (χ1v) is 17.7. The Morgan fingerprint density at radius 2 is 1.24 bits per heavy atom. The molecule has 0 aromatic heterocycles. The van der Waals surface area contributed by atoms with Crippen LogP contribution in [-0.2, 0) is 41.9 Å². The molecule has 12 nitrogen and oxygen atoms in total. The molecule has 0 saturated heterocycles. The van der Waals surface area contributed by atoms with Crippen LogP contribution in [0.4, 0.5) is 4.79 Å². The van der Waals surface area contributed by atoms with Crippen LogP contribution in [0.3, 0.4) is 0 Å². The molecule has 0 heterocycles. The Morgan fingerprint density at radius 1 is 0.756 bits per heavy atom. The van der Waals surface area contributed by atoms with Crippen LogP contribution in [0.5, 0.6) is 0 Å². The van der Waals surface area contributed by atoms with Crippen molar-refractivity contribution in [2.24, 2.45) is 0 Å². The van der Waals surface area contributed by atoms with E-state index in [-0.39, 0.29) is 59.8 Å². The molecule has 1 amide bonds. The Hall–Kier alpha value is -1.65. The van der Waals surface area contributed by atoms with Gasteiger partial charge in [-0.05, 0) is 40.0 Å². The first-order valence-electron chi connectivity index (χ1n) is 14.1. The normalized spacial score (nSPS) is 12.8. The Kier molecular flexibility index (Phi) is 22.9. The number of hydrogen-bond acceptors (Lipinski definition) is 12. The van der Waals surface area contributed by atoms with E-state index in [1.807, 2.05) is 20.8 Å². The van der Waals surface area contributed by atoms with Gasteiger partial charge in [-0.3, -0.25) is 24.0 Å². The fourth-order valence-corrected chi connectivity index (χ4v) is 7.73. The highest BCUT2D eigenvalue weighted by molar-refractivity contribution is 8.14. The van der Waals surface area contributed by atoms with E-state index in [1.54, 1.807) is 13.8 Å². The van der Waals surface area contributed by atoms with Gasteiger partial charge in [-0.2, -0.15) is 0 Å². The van der Waals surface area contributed by atoms with Gasteiger partial charge < -0.3 is 33.2 Å². The van der Waals surface area contributed by atoms with Crippen molar-refractivity contribution in [1.29, 1.82) is 0 Å². The number of carbonyl (C=O) groups is 5. The first kappa shape index (κ1) is 39.3. The minimum atomic E-state index is -2.74. The van der Waals surface area contributed by atoms with E-state index in [0.717, 1.165) is 23.5 Å². The standard InChI is InChI=1S/C26H47NO11S2Si/c1-6-36-41(37-7-2,38-8-3)17-11-14-27-26(33)40-21(5)19-24(31)35-16-10-9-15-34-23(30)18-20(4)39-25(32)13-12-22(28)29/h20-21H,6-19H2,1-5H3,(H,27,33)(H,28,29). The second kappa shape index (κ2) is 23.9. The number of carboxylic acids is 1. The van der Waals surface area contributed by atoms with Crippen molar-refractivity contribution >= 4 is 60.6 Å². The molecule has 0 aromatic rings. The smallest absolute Gasteiger partial charge is 0.481 e. The molecule has 0 rings (SSSR count). The number of carbonyl (C=O) groups excluding carboxylic acids is 4. The largest absolute Gasteiger partial charge is 0.500 e. The van der Waals surface area contributed by atoms with Gasteiger partial charge in [-0.25, -0.2) is 0 Å². The second-order valence-corrected chi connectivity index (χ2v) is 14.6. The van der Waals surface area contributed by atoms with E-state index in [0.29, 0.717) is 51.7 Å². The fraction of sp³-hybridized carbons (Fsp3) is 0.808. The minimum absolute atomic E-state index is 0.0396. The molecular formula is C26H47NO11S2Si. The quantitative estimate of drug-likeness (QED) is 0.0866. The summed E-state index contributed by atoms with van der Waals surface area (Å²) in [5, 5.41) is 10.4. The molecule has 0 radical (unpaired) electrons. The number of esters is 2. The zero-order valence-electron chi connectivity index (χ0n) is 24.9. The Bertz CT molecular complexity index is 786. The maximum Gasteiger partial charge on any atom is 0.500 e. The van der Waals surface area contributed by atoms with E-state index < -0.39 is 26.7 Å². The summed E-state index contributed by atoms with van der Waals surface area (Å²) in [7, 11) is -2.74. The summed E-state index contributed by atoms with van der Waals surface area (Å²) in [6, 6.07) is 0.601. The molecule has 0 spiro atoms. The van der Waals surface area contributed by atoms with Crippen molar-refractivity contribution in [3.05, 3.63) is 0 Å². The molecule has 2 atom stereocenters. The molecule has 238 valence electrons. The maximum absolute atomic E-state index is 12.2. The summed E-state index contributed by atoms with van der Waals surface area (Å²) in [5.74, 6) is -1.90. The summed E-state index contributed by atoms with van der Waals surface area (Å²) in [4.78, 5) is 58.4. The number of nitrogens with one attached hydrogen (secondary N) is 1. The zero-order chi connectivity index (χ0) is 31.1. The van der Waals surface area contributed by atoms with E-state index in [2.05, 4.69) is 5.32 Å². The van der Waals surface area contributed by atoms with Crippen molar-refractivity contribution in [1.82, 2.24) is 5.32 Å². The highest BCUT2D eigenvalue weighted by atomic mass is 32.2. The van der Waals surface area contributed by atoms with Gasteiger partial charge in [0.05, 0.1) is 32.5 Å². The predicted octanol–water partition coefficient (Wildman–Crippen LogP) is 4.42. The summed E-state index contributed by atoms with van der Waals surface area (Å²) < 4.78 is 27.8. The lowest BCUT2D eigenvalue weighted by Gasteiger charge is -2.28. The molecule has 0 aromatic carbocycles. The number of thioether (sulfide) groups is 2. The summed E-state index contributed by atoms with van der Waals surface area (Å²) >= 11 is 1.98. The molecule has 0 aliphatic rings. The summed E-state index contributed by atoms with van der Waals surface area (Å²) in [6.07, 6.45) is 1.48. The lowest BCUT2D eigenvalue weighted by molar-refractivity contribution is -0.146. The fourth-order valence-electron chi connectivity index (χ4n) is 3.46. The van der Waals surface area contributed by atoms with Crippen molar-refractivity contribution in [3.63, 3.8) is 0 Å². The molecule has 0 aliphatic carbocycles. The van der Waals surface area contributed by atoms with Crippen LogP contribution in [0, 0.1) is 0 Å². The highest BCUT2D eigenvalue weighted by Crippen LogP contribution is 2.20. The SMILES string of the molecule is CCO[Si](CCCNC(=O)SC(C)CC(=O)OCCCCOC(=O)CC(C)SC(=O)CCC(=O)O)(OCC)OCC. The first-order chi connectivity index (χ1) is 19.5. The molecule has 41 heavy (non-hydrogen) atoms. The number of carboxylic acid groups (broad SMARTS) is 1. The molecule has 0 aliphatic heterocycles. The van der Waals surface area contributed by atoms with E-state index in [4.69, 9.17) is 27.9 Å². The van der Waals surface area contributed by atoms with Crippen LogP contribution in [0.1, 0.15) is 79.6 Å². The lowest BCUT2D eigenvalue weighted by Crippen LogP contribution is -2.46. The van der Waals surface area contributed by atoms with Crippen LogP contribution < -0.4 is 5.32 Å². The lowest BCUT2D eigenvalue weighted by atomic mass is 10.3. The second-order valence-electron chi connectivity index (χ2n) is 8.98. The van der Waals surface area contributed by atoms with Crippen LogP contribution in [-0.4, -0.2) is 92.3 Å². The third-order valence-corrected chi connectivity index (χ3v) is 10.3. The van der Waals surface area contributed by atoms with Gasteiger partial charge in [-0.1, -0.05) is 37.4 Å². The van der Waals surface area contributed by atoms with Gasteiger partial charge in [0.15, 0.2) is 5.12 Å². The number of rotatable bonds is 24. The number of ether oxygens (including phenoxy) is 2. The molecule has 0 bridgehead atoms. The molecule has 2 N–H and O–H groups in total. The van der Waals surface area contributed by atoms with E-state index >= 15 is 0 Å². The Balaban J connectivity index is 4.01. The number of amides is 1. The minimum Gasteiger partial charge on any atom is -0.481 e. The zero-order valence-corrected chi connectivity index (χ0v) is 27.5. The topological polar surface area (TPSA) is 164 Å². The molecule has 15 heteroatoms. The van der Waals surface area contributed by atoms with Gasteiger partial charge >= 0.3 is 26.7 Å². The van der Waals surface area contributed by atoms with Crippen LogP contribution in [0.2, 0.25) is 6.04 Å². The van der Waals surface area contributed by atoms with Gasteiger partial charge in [-0.15, -0.1) is 0 Å². The predicted molar refractivity (Wildman–Crippen MR) is 160 cm³/mol. The van der Waals surface area contributed by atoms with Crippen molar-refractivity contribution < 1.29 is 51.8 Å². The Morgan fingerprint density at radius 3 is 1.71 bits per heavy atom. The van der Waals surface area contributed by atoms with Crippen LogP contribution >= 0.6 is 23.5 Å². The molecule has 2 unspecified atom stereocenters. The van der Waals surface area contributed by atoms with Gasteiger partial charge in [0.2, 0.25) is 0 Å². The number of hydrogen-bond donors (Lipinski definition) is 2. The number of aliphatic carboxylic acids is 1. The van der Waals surface area contributed by atoms with Gasteiger partial charge in [0.1, 0.15) is 0 Å². The average molecular weight is 642 g/mol. The molecule has 0 saturated carbocycles.